The van der Waals surface area contributed by atoms with E-state index >= 15 is 0 Å². The van der Waals surface area contributed by atoms with Crippen LogP contribution in [0.2, 0.25) is 0 Å². The SMILES string of the molecule is Cc1cc(C(=O)NC(C)c2nc3ccccc3n2C)cc(C)c1OCC(=O)O. The lowest BCUT2D eigenvalue weighted by atomic mass is 10.0. The molecule has 0 aliphatic carbocycles. The Morgan fingerprint density at radius 1 is 1.21 bits per heavy atom. The lowest BCUT2D eigenvalue weighted by molar-refractivity contribution is -0.139. The molecule has 146 valence electrons. The lowest BCUT2D eigenvalue weighted by Crippen LogP contribution is -2.28. The van der Waals surface area contributed by atoms with Crippen molar-refractivity contribution in [1.82, 2.24) is 14.9 Å². The molecular formula is C21H23N3O4. The highest BCUT2D eigenvalue weighted by Gasteiger charge is 2.19. The fraction of sp³-hybridized carbons (Fsp3) is 0.286. The second-order valence-electron chi connectivity index (χ2n) is 6.83. The fourth-order valence-electron chi connectivity index (χ4n) is 3.34. The standard InChI is InChI=1S/C21H23N3O4/c1-12-9-15(10-13(2)19(12)28-11-18(25)26)21(27)22-14(3)20-23-16-7-5-6-8-17(16)24(20)4/h5-10,14H,11H2,1-4H3,(H,22,27)(H,25,26). The summed E-state index contributed by atoms with van der Waals surface area (Å²) in [5, 5.41) is 11.8. The van der Waals surface area contributed by atoms with Crippen molar-refractivity contribution in [2.45, 2.75) is 26.8 Å². The molecule has 28 heavy (non-hydrogen) atoms. The number of fused-ring (bicyclic) bond motifs is 1. The van der Waals surface area contributed by atoms with E-state index in [1.807, 2.05) is 42.8 Å². The van der Waals surface area contributed by atoms with Gasteiger partial charge in [-0.3, -0.25) is 4.79 Å². The van der Waals surface area contributed by atoms with Crippen molar-refractivity contribution in [3.05, 3.63) is 58.9 Å². The Balaban J connectivity index is 1.80. The third kappa shape index (κ3) is 3.83. The summed E-state index contributed by atoms with van der Waals surface area (Å²) in [6.45, 7) is 5.05. The van der Waals surface area contributed by atoms with Crippen molar-refractivity contribution < 1.29 is 19.4 Å². The van der Waals surface area contributed by atoms with Crippen molar-refractivity contribution in [1.29, 1.82) is 0 Å². The summed E-state index contributed by atoms with van der Waals surface area (Å²) in [5.41, 5.74) is 3.80. The van der Waals surface area contributed by atoms with Gasteiger partial charge in [0.15, 0.2) is 6.61 Å². The fourth-order valence-corrected chi connectivity index (χ4v) is 3.34. The van der Waals surface area contributed by atoms with E-state index < -0.39 is 12.6 Å². The Hall–Kier alpha value is -3.35. The third-order valence-corrected chi connectivity index (χ3v) is 4.62. The first-order valence-corrected chi connectivity index (χ1v) is 8.96. The van der Waals surface area contributed by atoms with Crippen LogP contribution in [0, 0.1) is 13.8 Å². The van der Waals surface area contributed by atoms with E-state index in [2.05, 4.69) is 10.3 Å². The zero-order chi connectivity index (χ0) is 20.4. The third-order valence-electron chi connectivity index (χ3n) is 4.62. The molecule has 0 radical (unpaired) electrons. The molecule has 0 aliphatic heterocycles. The Kier molecular flexibility index (Phi) is 5.35. The van der Waals surface area contributed by atoms with Crippen molar-refractivity contribution in [2.24, 2.45) is 7.05 Å². The van der Waals surface area contributed by atoms with Crippen LogP contribution in [0.4, 0.5) is 0 Å². The molecule has 1 atom stereocenters. The number of nitrogens with one attached hydrogen (secondary N) is 1. The van der Waals surface area contributed by atoms with Gasteiger partial charge in [-0.05, 0) is 56.2 Å². The van der Waals surface area contributed by atoms with Gasteiger partial charge in [-0.25, -0.2) is 9.78 Å². The largest absolute Gasteiger partial charge is 0.481 e. The highest BCUT2D eigenvalue weighted by Crippen LogP contribution is 2.25. The number of hydrogen-bond donors (Lipinski definition) is 2. The molecule has 1 amide bonds. The number of nitrogens with zero attached hydrogens (tertiary/aromatic N) is 2. The zero-order valence-electron chi connectivity index (χ0n) is 16.3. The van der Waals surface area contributed by atoms with Gasteiger partial charge in [-0.15, -0.1) is 0 Å². The van der Waals surface area contributed by atoms with Gasteiger partial charge in [0.2, 0.25) is 0 Å². The van der Waals surface area contributed by atoms with Gasteiger partial charge in [-0.2, -0.15) is 0 Å². The molecule has 7 nitrogen and oxygen atoms in total. The number of carboxylic acid groups (broad SMARTS) is 1. The molecule has 3 rings (SSSR count). The van der Waals surface area contributed by atoms with Crippen LogP contribution in [-0.4, -0.2) is 33.1 Å². The maximum Gasteiger partial charge on any atom is 0.341 e. The highest BCUT2D eigenvalue weighted by molar-refractivity contribution is 5.95. The summed E-state index contributed by atoms with van der Waals surface area (Å²) in [7, 11) is 1.93. The minimum atomic E-state index is -1.04. The van der Waals surface area contributed by atoms with Crippen LogP contribution in [0.25, 0.3) is 11.0 Å². The van der Waals surface area contributed by atoms with Gasteiger partial charge < -0.3 is 19.7 Å². The Labute approximate surface area is 163 Å². The van der Waals surface area contributed by atoms with Gasteiger partial charge in [0, 0.05) is 12.6 Å². The van der Waals surface area contributed by atoms with E-state index in [1.165, 1.54) is 0 Å². The van der Waals surface area contributed by atoms with Crippen LogP contribution in [-0.2, 0) is 11.8 Å². The number of aromatic nitrogens is 2. The van der Waals surface area contributed by atoms with E-state index in [0.717, 1.165) is 16.9 Å². The Morgan fingerprint density at radius 2 is 1.86 bits per heavy atom. The van der Waals surface area contributed by atoms with Gasteiger partial charge in [0.1, 0.15) is 11.6 Å². The topological polar surface area (TPSA) is 93.5 Å². The number of hydrogen-bond acceptors (Lipinski definition) is 4. The summed E-state index contributed by atoms with van der Waals surface area (Å²) in [6.07, 6.45) is 0. The van der Waals surface area contributed by atoms with E-state index in [-0.39, 0.29) is 11.9 Å². The number of para-hydroxylation sites is 2. The van der Waals surface area contributed by atoms with Crippen molar-refractivity contribution in [3.63, 3.8) is 0 Å². The van der Waals surface area contributed by atoms with Crippen molar-refractivity contribution in [3.8, 4) is 5.75 Å². The van der Waals surface area contributed by atoms with E-state index in [1.54, 1.807) is 26.0 Å². The molecule has 2 aromatic carbocycles. The average molecular weight is 381 g/mol. The van der Waals surface area contributed by atoms with Crippen LogP contribution < -0.4 is 10.1 Å². The quantitative estimate of drug-likeness (QED) is 0.684. The summed E-state index contributed by atoms with van der Waals surface area (Å²) < 4.78 is 7.29. The number of carboxylic acids is 1. The zero-order valence-corrected chi connectivity index (χ0v) is 16.3. The number of carbonyl (C=O) groups is 2. The van der Waals surface area contributed by atoms with Crippen LogP contribution >= 0.6 is 0 Å². The summed E-state index contributed by atoms with van der Waals surface area (Å²) >= 11 is 0. The predicted molar refractivity (Wildman–Crippen MR) is 106 cm³/mol. The molecule has 1 unspecified atom stereocenters. The molecule has 2 N–H and O–H groups in total. The number of amides is 1. The molecule has 0 saturated heterocycles. The predicted octanol–water partition coefficient (Wildman–Crippen LogP) is 3.14. The first-order chi connectivity index (χ1) is 13.3. The number of benzene rings is 2. The number of ether oxygens (including phenoxy) is 1. The number of rotatable bonds is 6. The molecule has 0 aliphatic rings. The van der Waals surface area contributed by atoms with E-state index in [0.29, 0.717) is 22.4 Å². The van der Waals surface area contributed by atoms with Crippen LogP contribution in [0.1, 0.15) is 40.3 Å². The van der Waals surface area contributed by atoms with Crippen molar-refractivity contribution in [2.75, 3.05) is 6.61 Å². The van der Waals surface area contributed by atoms with Crippen LogP contribution in [0.5, 0.6) is 5.75 Å². The molecule has 0 fully saturated rings. The second-order valence-corrected chi connectivity index (χ2v) is 6.83. The number of aryl methyl sites for hydroxylation is 3. The highest BCUT2D eigenvalue weighted by atomic mass is 16.5. The van der Waals surface area contributed by atoms with Crippen LogP contribution in [0.15, 0.2) is 36.4 Å². The molecule has 0 bridgehead atoms. The number of carbonyl (C=O) groups excluding carboxylic acids is 1. The van der Waals surface area contributed by atoms with Gasteiger partial charge in [0.05, 0.1) is 17.1 Å². The monoisotopic (exact) mass is 381 g/mol. The van der Waals surface area contributed by atoms with Crippen molar-refractivity contribution >= 4 is 22.9 Å². The van der Waals surface area contributed by atoms with Crippen LogP contribution in [0.3, 0.4) is 0 Å². The summed E-state index contributed by atoms with van der Waals surface area (Å²) in [5.74, 6) is -0.0146. The minimum absolute atomic E-state index is 0.226. The maximum absolute atomic E-state index is 12.8. The smallest absolute Gasteiger partial charge is 0.341 e. The first-order valence-electron chi connectivity index (χ1n) is 8.96. The van der Waals surface area contributed by atoms with Gasteiger partial charge >= 0.3 is 5.97 Å². The molecule has 0 spiro atoms. The average Bonchev–Trinajstić information content (AvgIpc) is 2.98. The lowest BCUT2D eigenvalue weighted by Gasteiger charge is -2.16. The summed E-state index contributed by atoms with van der Waals surface area (Å²) in [4.78, 5) is 28.1. The molecular weight excluding hydrogens is 358 g/mol. The maximum atomic E-state index is 12.8. The van der Waals surface area contributed by atoms with Gasteiger partial charge in [0.25, 0.3) is 5.91 Å². The van der Waals surface area contributed by atoms with Gasteiger partial charge in [-0.1, -0.05) is 12.1 Å². The molecule has 7 heteroatoms. The molecule has 1 aromatic heterocycles. The normalized spacial score (nSPS) is 12.0. The second kappa shape index (κ2) is 7.72. The Bertz CT molecular complexity index is 1030. The minimum Gasteiger partial charge on any atom is -0.481 e. The Morgan fingerprint density at radius 3 is 2.46 bits per heavy atom. The molecule has 1 heterocycles. The molecule has 0 saturated carbocycles. The molecule has 3 aromatic rings. The van der Waals surface area contributed by atoms with E-state index in [4.69, 9.17) is 9.84 Å². The first kappa shape index (κ1) is 19.4. The van der Waals surface area contributed by atoms with E-state index in [9.17, 15) is 9.59 Å². The summed E-state index contributed by atoms with van der Waals surface area (Å²) in [6, 6.07) is 10.9. The number of aliphatic carboxylic acids is 1. The number of imidazole rings is 1.